The summed E-state index contributed by atoms with van der Waals surface area (Å²) >= 11 is 0. The fourth-order valence-corrected chi connectivity index (χ4v) is 3.37. The number of aryl methyl sites for hydroxylation is 1. The van der Waals surface area contributed by atoms with Gasteiger partial charge in [-0.15, -0.1) is 0 Å². The number of carbonyl (C=O) groups is 1. The van der Waals surface area contributed by atoms with Crippen LogP contribution in [-0.4, -0.2) is 24.3 Å². The molecule has 0 fully saturated rings. The highest BCUT2D eigenvalue weighted by molar-refractivity contribution is 5.86. The summed E-state index contributed by atoms with van der Waals surface area (Å²) in [6.07, 6.45) is 0.894. The Morgan fingerprint density at radius 2 is 1.65 bits per heavy atom. The zero-order valence-corrected chi connectivity index (χ0v) is 18.1. The van der Waals surface area contributed by atoms with Crippen molar-refractivity contribution in [1.29, 1.82) is 0 Å². The molecule has 0 aliphatic carbocycles. The van der Waals surface area contributed by atoms with Crippen LogP contribution in [0.1, 0.15) is 25.0 Å². The van der Waals surface area contributed by atoms with Gasteiger partial charge in [0.15, 0.2) is 0 Å². The molecule has 0 radical (unpaired) electrons. The van der Waals surface area contributed by atoms with Crippen molar-refractivity contribution in [3.63, 3.8) is 0 Å². The van der Waals surface area contributed by atoms with Gasteiger partial charge < -0.3 is 14.6 Å². The molecular weight excluding hydrogens is 388 g/mol. The Morgan fingerprint density at radius 1 is 0.903 bits per heavy atom. The van der Waals surface area contributed by atoms with E-state index < -0.39 is 5.97 Å². The van der Waals surface area contributed by atoms with Gasteiger partial charge in [0, 0.05) is 11.1 Å². The molecule has 3 aromatic carbocycles. The Bertz CT molecular complexity index is 1050. The SMILES string of the molecule is C=C(C)C(=O)OCCOc1cc(-c2ccc(-c3ccccc3)cc2CC)ccc1CO. The quantitative estimate of drug-likeness (QED) is 0.281. The van der Waals surface area contributed by atoms with E-state index in [-0.39, 0.29) is 19.8 Å². The molecule has 1 N–H and O–H groups in total. The Balaban J connectivity index is 1.83. The number of carbonyl (C=O) groups excluding carboxylic acids is 1. The third-order valence-corrected chi connectivity index (χ3v) is 5.06. The third-order valence-electron chi connectivity index (χ3n) is 5.06. The zero-order chi connectivity index (χ0) is 22.2. The molecule has 0 saturated carbocycles. The first-order valence-electron chi connectivity index (χ1n) is 10.4. The van der Waals surface area contributed by atoms with E-state index in [4.69, 9.17) is 9.47 Å². The van der Waals surface area contributed by atoms with Crippen LogP contribution in [-0.2, 0) is 22.6 Å². The minimum absolute atomic E-state index is 0.118. The molecule has 4 heteroatoms. The number of ether oxygens (including phenoxy) is 2. The Kier molecular flexibility index (Phi) is 7.63. The largest absolute Gasteiger partial charge is 0.490 e. The highest BCUT2D eigenvalue weighted by Gasteiger charge is 2.11. The molecule has 0 spiro atoms. The molecule has 3 aromatic rings. The fourth-order valence-electron chi connectivity index (χ4n) is 3.37. The summed E-state index contributed by atoms with van der Waals surface area (Å²) in [5.74, 6) is 0.145. The summed E-state index contributed by atoms with van der Waals surface area (Å²) in [5.41, 5.74) is 6.79. The van der Waals surface area contributed by atoms with E-state index in [2.05, 4.69) is 43.8 Å². The lowest BCUT2D eigenvalue weighted by Gasteiger charge is -2.15. The molecule has 0 aromatic heterocycles. The standard InChI is InChI=1S/C27H28O4/c1-4-20-16-22(21-8-6-5-7-9-21)12-13-25(20)23-10-11-24(18-28)26(17-23)30-14-15-31-27(29)19(2)3/h5-13,16-17,28H,2,4,14-15,18H2,1,3H3. The van der Waals surface area contributed by atoms with Crippen LogP contribution in [0.5, 0.6) is 5.75 Å². The van der Waals surface area contributed by atoms with Crippen molar-refractivity contribution in [2.24, 2.45) is 0 Å². The van der Waals surface area contributed by atoms with Gasteiger partial charge in [0.25, 0.3) is 0 Å². The number of esters is 1. The molecule has 0 bridgehead atoms. The van der Waals surface area contributed by atoms with Gasteiger partial charge in [-0.1, -0.05) is 74.2 Å². The van der Waals surface area contributed by atoms with Gasteiger partial charge in [0.2, 0.25) is 0 Å². The van der Waals surface area contributed by atoms with Crippen molar-refractivity contribution in [2.75, 3.05) is 13.2 Å². The van der Waals surface area contributed by atoms with Crippen LogP contribution in [0.15, 0.2) is 78.9 Å². The van der Waals surface area contributed by atoms with Gasteiger partial charge in [-0.05, 0) is 47.2 Å². The summed E-state index contributed by atoms with van der Waals surface area (Å²) < 4.78 is 10.9. The van der Waals surface area contributed by atoms with Crippen molar-refractivity contribution in [3.05, 3.63) is 90.0 Å². The van der Waals surface area contributed by atoms with E-state index in [9.17, 15) is 9.90 Å². The zero-order valence-electron chi connectivity index (χ0n) is 18.1. The molecule has 31 heavy (non-hydrogen) atoms. The molecule has 0 unspecified atom stereocenters. The number of aliphatic hydroxyl groups excluding tert-OH is 1. The average molecular weight is 417 g/mol. The number of aliphatic hydroxyl groups is 1. The van der Waals surface area contributed by atoms with E-state index in [1.807, 2.05) is 36.4 Å². The highest BCUT2D eigenvalue weighted by Crippen LogP contribution is 2.33. The van der Waals surface area contributed by atoms with Gasteiger partial charge in [-0.2, -0.15) is 0 Å². The second-order valence-corrected chi connectivity index (χ2v) is 7.34. The van der Waals surface area contributed by atoms with Crippen molar-refractivity contribution >= 4 is 5.97 Å². The van der Waals surface area contributed by atoms with Gasteiger partial charge in [0.05, 0.1) is 6.61 Å². The normalized spacial score (nSPS) is 10.5. The predicted octanol–water partition coefficient (Wildman–Crippen LogP) is 5.57. The Hall–Kier alpha value is -3.37. The lowest BCUT2D eigenvalue weighted by molar-refractivity contribution is -0.139. The smallest absolute Gasteiger partial charge is 0.333 e. The van der Waals surface area contributed by atoms with Gasteiger partial charge in [0.1, 0.15) is 19.0 Å². The van der Waals surface area contributed by atoms with Crippen LogP contribution in [0.25, 0.3) is 22.3 Å². The van der Waals surface area contributed by atoms with Crippen molar-refractivity contribution < 1.29 is 19.4 Å². The molecule has 0 amide bonds. The number of hydrogen-bond acceptors (Lipinski definition) is 4. The first-order chi connectivity index (χ1) is 15.0. The van der Waals surface area contributed by atoms with Crippen LogP contribution in [0.2, 0.25) is 0 Å². The summed E-state index contributed by atoms with van der Waals surface area (Å²) in [4.78, 5) is 11.5. The van der Waals surface area contributed by atoms with Crippen molar-refractivity contribution in [1.82, 2.24) is 0 Å². The predicted molar refractivity (Wildman–Crippen MR) is 124 cm³/mol. The van der Waals surface area contributed by atoms with Gasteiger partial charge >= 0.3 is 5.97 Å². The van der Waals surface area contributed by atoms with Crippen LogP contribution in [0.3, 0.4) is 0 Å². The Morgan fingerprint density at radius 3 is 2.32 bits per heavy atom. The van der Waals surface area contributed by atoms with Gasteiger partial charge in [-0.25, -0.2) is 4.79 Å². The molecule has 0 saturated heterocycles. The molecule has 3 rings (SSSR count). The first-order valence-corrected chi connectivity index (χ1v) is 10.4. The highest BCUT2D eigenvalue weighted by atomic mass is 16.6. The third kappa shape index (κ3) is 5.62. The van der Waals surface area contributed by atoms with E-state index in [0.717, 1.165) is 17.5 Å². The Labute approximate surface area is 183 Å². The maximum Gasteiger partial charge on any atom is 0.333 e. The summed E-state index contributed by atoms with van der Waals surface area (Å²) in [6.45, 7) is 7.49. The molecule has 0 atom stereocenters. The second kappa shape index (κ2) is 10.6. The van der Waals surface area contributed by atoms with Gasteiger partial charge in [-0.3, -0.25) is 0 Å². The molecule has 160 valence electrons. The number of hydrogen-bond donors (Lipinski definition) is 1. The minimum atomic E-state index is -0.439. The summed E-state index contributed by atoms with van der Waals surface area (Å²) in [5, 5.41) is 9.68. The number of rotatable bonds is 9. The molecule has 0 aliphatic rings. The monoisotopic (exact) mass is 416 g/mol. The maximum absolute atomic E-state index is 11.5. The summed E-state index contributed by atoms with van der Waals surface area (Å²) in [6, 6.07) is 22.6. The lowest BCUT2D eigenvalue weighted by Crippen LogP contribution is -2.13. The second-order valence-electron chi connectivity index (χ2n) is 7.34. The van der Waals surface area contributed by atoms with Crippen LogP contribution in [0.4, 0.5) is 0 Å². The van der Waals surface area contributed by atoms with E-state index in [0.29, 0.717) is 16.9 Å². The van der Waals surface area contributed by atoms with E-state index >= 15 is 0 Å². The molecule has 4 nitrogen and oxygen atoms in total. The average Bonchev–Trinajstić information content (AvgIpc) is 2.81. The summed E-state index contributed by atoms with van der Waals surface area (Å²) in [7, 11) is 0. The van der Waals surface area contributed by atoms with Crippen molar-refractivity contribution in [3.8, 4) is 28.0 Å². The van der Waals surface area contributed by atoms with Crippen LogP contribution < -0.4 is 4.74 Å². The molecule has 0 heterocycles. The van der Waals surface area contributed by atoms with E-state index in [1.54, 1.807) is 6.92 Å². The molecular formula is C27H28O4. The first kappa shape index (κ1) is 22.3. The van der Waals surface area contributed by atoms with Crippen molar-refractivity contribution in [2.45, 2.75) is 26.9 Å². The van der Waals surface area contributed by atoms with Crippen LogP contribution >= 0.6 is 0 Å². The van der Waals surface area contributed by atoms with Crippen LogP contribution in [0, 0.1) is 0 Å². The number of benzene rings is 3. The topological polar surface area (TPSA) is 55.8 Å². The fraction of sp³-hybridized carbons (Fsp3) is 0.222. The molecule has 0 aliphatic heterocycles. The van der Waals surface area contributed by atoms with E-state index in [1.165, 1.54) is 16.7 Å². The minimum Gasteiger partial charge on any atom is -0.490 e. The lowest BCUT2D eigenvalue weighted by atomic mass is 9.93. The maximum atomic E-state index is 11.5.